The summed E-state index contributed by atoms with van der Waals surface area (Å²) in [4.78, 5) is 0. The fourth-order valence-electron chi connectivity index (χ4n) is 4.23. The molecule has 0 saturated carbocycles. The second-order valence-electron chi connectivity index (χ2n) is 8.29. The fourth-order valence-corrected chi connectivity index (χ4v) is 4.23. The van der Waals surface area contributed by atoms with Crippen LogP contribution < -0.4 is 10.6 Å². The van der Waals surface area contributed by atoms with Crippen molar-refractivity contribution in [3.05, 3.63) is 0 Å². The molecule has 4 aliphatic rings. The molecule has 0 unspecified atom stereocenters. The van der Waals surface area contributed by atoms with E-state index in [4.69, 9.17) is 28.4 Å². The molecule has 0 bridgehead atoms. The van der Waals surface area contributed by atoms with Crippen molar-refractivity contribution in [3.63, 3.8) is 0 Å². The Hall–Kier alpha value is -0.970. The topological polar surface area (TPSA) is 82.5 Å². The number of fused-ring (bicyclic) bond motifs is 3. The van der Waals surface area contributed by atoms with Gasteiger partial charge in [0.2, 0.25) is 0 Å². The summed E-state index contributed by atoms with van der Waals surface area (Å²) in [5.41, 5.74) is 0. The third-order valence-electron chi connectivity index (χ3n) is 5.28. The van der Waals surface area contributed by atoms with Crippen molar-refractivity contribution in [1.82, 2.24) is 10.6 Å². The maximum Gasteiger partial charge on any atom is 0.345 e. The van der Waals surface area contributed by atoms with E-state index >= 15 is 0 Å². The number of guanidine groups is 1. The zero-order valence-electron chi connectivity index (χ0n) is 16.8. The smallest absolute Gasteiger partial charge is 0.345 e. The van der Waals surface area contributed by atoms with Crippen molar-refractivity contribution in [2.24, 2.45) is 0 Å². The third-order valence-corrected chi connectivity index (χ3v) is 5.28. The Morgan fingerprint density at radius 2 is 1.59 bits per heavy atom. The minimum atomic E-state index is -0.722. The zero-order valence-corrected chi connectivity index (χ0v) is 16.8. The van der Waals surface area contributed by atoms with Crippen molar-refractivity contribution in [2.75, 3.05) is 39.9 Å². The molecule has 4 fully saturated rings. The van der Waals surface area contributed by atoms with Crippen LogP contribution in [-0.2, 0) is 28.4 Å². The first kappa shape index (κ1) is 19.4. The molecule has 0 aromatic carbocycles. The fraction of sp³-hybridized carbons (Fsp3) is 0.944. The molecule has 0 aliphatic carbocycles. The molecule has 4 heterocycles. The number of rotatable bonds is 2. The van der Waals surface area contributed by atoms with Crippen LogP contribution in [0.4, 0.5) is 0 Å². The second kappa shape index (κ2) is 7.13. The Kier molecular flexibility index (Phi) is 5.11. The highest BCUT2D eigenvalue weighted by Crippen LogP contribution is 2.44. The molecule has 2 N–H and O–H groups in total. The molecule has 5 atom stereocenters. The van der Waals surface area contributed by atoms with E-state index in [-0.39, 0.29) is 24.4 Å². The quantitative estimate of drug-likeness (QED) is 0.490. The van der Waals surface area contributed by atoms with E-state index in [0.717, 1.165) is 32.3 Å². The Morgan fingerprint density at radius 3 is 2.30 bits per heavy atom. The predicted octanol–water partition coefficient (Wildman–Crippen LogP) is -0.409. The standard InChI is InChI=1S/C18H31N3O6/c1-17(2)24-11(10-20-16(19-5)21-6-8-22-9-7-21)12-13(25-17)14-15(23-12)27-18(3,4)26-14/h11-15H,6-10H2,1-5H3,(H,19,20)/p+1/t11-,12-,13+,14-,15-/m1/s1. The maximum atomic E-state index is 6.18. The molecule has 4 rings (SSSR count). The number of morpholine rings is 1. The van der Waals surface area contributed by atoms with Crippen LogP contribution in [0.2, 0.25) is 0 Å². The number of ether oxygens (including phenoxy) is 6. The van der Waals surface area contributed by atoms with E-state index in [1.165, 1.54) is 0 Å². The lowest BCUT2D eigenvalue weighted by molar-refractivity contribution is -0.552. The van der Waals surface area contributed by atoms with Gasteiger partial charge in [0.25, 0.3) is 0 Å². The summed E-state index contributed by atoms with van der Waals surface area (Å²) in [6.07, 6.45) is -1.35. The van der Waals surface area contributed by atoms with Crippen LogP contribution in [0.1, 0.15) is 27.7 Å². The summed E-state index contributed by atoms with van der Waals surface area (Å²) >= 11 is 0. The summed E-state index contributed by atoms with van der Waals surface area (Å²) in [6, 6.07) is 0. The van der Waals surface area contributed by atoms with Gasteiger partial charge < -0.3 is 28.4 Å². The SMILES string of the molecule is CNC(NC[C@H]1OC(C)(C)O[C@@H]2[C@H]3OC(C)(C)O[C@H]3O[C@@H]21)=[N+]1CCOCC1. The normalized spacial score (nSPS) is 39.6. The Labute approximate surface area is 160 Å². The zero-order chi connectivity index (χ0) is 19.2. The van der Waals surface area contributed by atoms with Crippen LogP contribution in [0.5, 0.6) is 0 Å². The average molecular weight is 386 g/mol. The maximum absolute atomic E-state index is 6.18. The molecular weight excluding hydrogens is 354 g/mol. The average Bonchev–Trinajstić information content (AvgIpc) is 3.08. The number of nitrogens with zero attached hydrogens (tertiary/aromatic N) is 1. The minimum Gasteiger partial charge on any atom is -0.375 e. The van der Waals surface area contributed by atoms with Crippen molar-refractivity contribution in [2.45, 2.75) is 70.0 Å². The van der Waals surface area contributed by atoms with Gasteiger partial charge in [-0.2, -0.15) is 0 Å². The molecule has 0 aromatic rings. The highest BCUT2D eigenvalue weighted by atomic mass is 16.9. The van der Waals surface area contributed by atoms with Gasteiger partial charge in [-0.25, -0.2) is 0 Å². The van der Waals surface area contributed by atoms with E-state index < -0.39 is 17.9 Å². The molecule has 0 radical (unpaired) electrons. The van der Waals surface area contributed by atoms with Crippen LogP contribution in [-0.4, -0.2) is 92.7 Å². The van der Waals surface area contributed by atoms with E-state index in [9.17, 15) is 0 Å². The third kappa shape index (κ3) is 3.94. The van der Waals surface area contributed by atoms with Crippen molar-refractivity contribution >= 4 is 5.96 Å². The van der Waals surface area contributed by atoms with E-state index in [2.05, 4.69) is 15.2 Å². The monoisotopic (exact) mass is 386 g/mol. The summed E-state index contributed by atoms with van der Waals surface area (Å²) in [6.45, 7) is 11.4. The van der Waals surface area contributed by atoms with Crippen LogP contribution in [0, 0.1) is 0 Å². The lowest BCUT2D eigenvalue weighted by Crippen LogP contribution is -2.59. The van der Waals surface area contributed by atoms with Crippen molar-refractivity contribution in [3.8, 4) is 0 Å². The van der Waals surface area contributed by atoms with Gasteiger partial charge in [0.15, 0.2) is 17.9 Å². The van der Waals surface area contributed by atoms with Crippen molar-refractivity contribution < 1.29 is 33.0 Å². The molecular formula is C18H32N3O6+. The molecule has 9 nitrogen and oxygen atoms in total. The Bertz CT molecular complexity index is 588. The van der Waals surface area contributed by atoms with Crippen LogP contribution in [0.3, 0.4) is 0 Å². The molecule has 4 aliphatic heterocycles. The van der Waals surface area contributed by atoms with Gasteiger partial charge in [0.1, 0.15) is 24.4 Å². The van der Waals surface area contributed by atoms with E-state index in [1.54, 1.807) is 0 Å². The van der Waals surface area contributed by atoms with Crippen LogP contribution in [0.15, 0.2) is 0 Å². The molecule has 0 aromatic heterocycles. The number of nitrogens with one attached hydrogen (secondary N) is 2. The highest BCUT2D eigenvalue weighted by molar-refractivity contribution is 5.74. The molecule has 154 valence electrons. The van der Waals surface area contributed by atoms with Gasteiger partial charge in [0.05, 0.1) is 39.9 Å². The summed E-state index contributed by atoms with van der Waals surface area (Å²) < 4.78 is 38.1. The number of hydrogen-bond acceptors (Lipinski definition) is 6. The van der Waals surface area contributed by atoms with E-state index in [1.807, 2.05) is 34.7 Å². The highest BCUT2D eigenvalue weighted by Gasteiger charge is 2.61. The lowest BCUT2D eigenvalue weighted by Gasteiger charge is -2.43. The first-order valence-corrected chi connectivity index (χ1v) is 9.76. The summed E-state index contributed by atoms with van der Waals surface area (Å²) in [5.74, 6) is -0.418. The lowest BCUT2D eigenvalue weighted by atomic mass is 10.0. The second-order valence-corrected chi connectivity index (χ2v) is 8.29. The molecule has 27 heavy (non-hydrogen) atoms. The van der Waals surface area contributed by atoms with E-state index in [0.29, 0.717) is 6.54 Å². The molecule has 0 amide bonds. The first-order valence-electron chi connectivity index (χ1n) is 9.76. The predicted molar refractivity (Wildman–Crippen MR) is 95.4 cm³/mol. The van der Waals surface area contributed by atoms with Crippen molar-refractivity contribution in [1.29, 1.82) is 0 Å². The number of hydrogen-bond donors (Lipinski definition) is 2. The van der Waals surface area contributed by atoms with Gasteiger partial charge >= 0.3 is 5.96 Å². The van der Waals surface area contributed by atoms with Crippen LogP contribution in [0.25, 0.3) is 0 Å². The Morgan fingerprint density at radius 1 is 0.926 bits per heavy atom. The molecule has 4 saturated heterocycles. The van der Waals surface area contributed by atoms with Gasteiger partial charge in [-0.15, -0.1) is 0 Å². The Balaban J connectivity index is 1.46. The summed E-state index contributed by atoms with van der Waals surface area (Å²) in [5, 5.41) is 6.72. The van der Waals surface area contributed by atoms with Gasteiger partial charge in [-0.1, -0.05) is 0 Å². The first-order chi connectivity index (χ1) is 12.8. The molecule has 0 spiro atoms. The van der Waals surface area contributed by atoms with Gasteiger partial charge in [0, 0.05) is 0 Å². The van der Waals surface area contributed by atoms with Gasteiger partial charge in [-0.05, 0) is 27.7 Å². The largest absolute Gasteiger partial charge is 0.375 e. The minimum absolute atomic E-state index is 0.191. The summed E-state index contributed by atoms with van der Waals surface area (Å²) in [7, 11) is 1.91. The van der Waals surface area contributed by atoms with Crippen LogP contribution >= 0.6 is 0 Å². The van der Waals surface area contributed by atoms with Gasteiger partial charge in [-0.3, -0.25) is 15.2 Å². The molecule has 9 heteroatoms.